The summed E-state index contributed by atoms with van der Waals surface area (Å²) in [6.07, 6.45) is 0. The lowest BCUT2D eigenvalue weighted by molar-refractivity contribution is 0.0824. The van der Waals surface area contributed by atoms with E-state index in [0.717, 1.165) is 0 Å². The molecule has 4 N–H and O–H groups in total. The molecule has 0 fully saturated rings. The van der Waals surface area contributed by atoms with Crippen molar-refractivity contribution in [3.8, 4) is 5.75 Å². The Morgan fingerprint density at radius 1 is 1.16 bits per heavy atom. The first-order valence-corrected chi connectivity index (χ1v) is 7.62. The molecule has 0 aliphatic carbocycles. The number of hydrogen-bond acceptors (Lipinski definition) is 7. The molecule has 0 spiro atoms. The fourth-order valence-corrected chi connectivity index (χ4v) is 2.20. The lowest BCUT2D eigenvalue weighted by atomic mass is 10.0. The van der Waals surface area contributed by atoms with Gasteiger partial charge in [-0.25, -0.2) is 0 Å². The van der Waals surface area contributed by atoms with E-state index < -0.39 is 22.3 Å². The molecule has 0 saturated carbocycles. The van der Waals surface area contributed by atoms with Crippen LogP contribution in [0.2, 0.25) is 0 Å². The van der Waals surface area contributed by atoms with Gasteiger partial charge in [-0.05, 0) is 26.0 Å². The van der Waals surface area contributed by atoms with Crippen molar-refractivity contribution in [2.24, 2.45) is 0 Å². The fourth-order valence-electron chi connectivity index (χ4n) is 2.20. The molecule has 0 radical (unpaired) electrons. The predicted molar refractivity (Wildman–Crippen MR) is 95.5 cm³/mol. The summed E-state index contributed by atoms with van der Waals surface area (Å²) in [5.74, 6) is -0.715. The number of phenols is 1. The number of aliphatic hydroxyl groups is 1. The Bertz CT molecular complexity index is 879. The first-order chi connectivity index (χ1) is 11.6. The summed E-state index contributed by atoms with van der Waals surface area (Å²) >= 11 is 0. The van der Waals surface area contributed by atoms with Crippen molar-refractivity contribution < 1.29 is 15.0 Å². The highest BCUT2D eigenvalue weighted by Crippen LogP contribution is 2.32. The van der Waals surface area contributed by atoms with Crippen molar-refractivity contribution in [1.82, 2.24) is 4.90 Å². The number of nitrogens with one attached hydrogen (secondary N) is 2. The molecule has 25 heavy (non-hydrogen) atoms. The molecule has 2 aromatic rings. The minimum atomic E-state index is -0.802. The third kappa shape index (κ3) is 3.48. The Labute approximate surface area is 144 Å². The Kier molecular flexibility index (Phi) is 4.85. The number of nitrogens with zero attached hydrogens (tertiary/aromatic N) is 1. The van der Waals surface area contributed by atoms with E-state index in [1.54, 1.807) is 34.0 Å². The molecule has 0 unspecified atom stereocenters. The smallest absolute Gasteiger partial charge is 0.257 e. The van der Waals surface area contributed by atoms with E-state index in [0.29, 0.717) is 0 Å². The number of carbonyl (C=O) groups is 1. The lowest BCUT2D eigenvalue weighted by Gasteiger charge is -2.27. The average molecular weight is 347 g/mol. The number of rotatable bonds is 6. The molecule has 8 heteroatoms. The predicted octanol–water partition coefficient (Wildman–Crippen LogP) is 0.616. The van der Waals surface area contributed by atoms with Gasteiger partial charge < -0.3 is 25.7 Å². The topological polar surface area (TPSA) is 119 Å². The summed E-state index contributed by atoms with van der Waals surface area (Å²) < 4.78 is 0. The zero-order valence-electron chi connectivity index (χ0n) is 14.5. The van der Waals surface area contributed by atoms with Crippen molar-refractivity contribution in [3.05, 3.63) is 44.2 Å². The maximum Gasteiger partial charge on any atom is 0.257 e. The Hall–Kier alpha value is -2.87. The second kappa shape index (κ2) is 6.56. The molecule has 0 saturated heterocycles. The van der Waals surface area contributed by atoms with Gasteiger partial charge in [-0.15, -0.1) is 0 Å². The normalized spacial score (nSPS) is 11.4. The van der Waals surface area contributed by atoms with Crippen LogP contribution in [-0.2, 0) is 0 Å². The van der Waals surface area contributed by atoms with Gasteiger partial charge in [-0.1, -0.05) is 6.07 Å². The monoisotopic (exact) mass is 347 g/mol. The minimum absolute atomic E-state index is 0.0173. The van der Waals surface area contributed by atoms with Crippen molar-refractivity contribution >= 4 is 23.0 Å². The number of aliphatic hydroxyl groups excluding tert-OH is 1. The Morgan fingerprint density at radius 3 is 2.32 bits per heavy atom. The lowest BCUT2D eigenvalue weighted by Crippen LogP contribution is -2.44. The number of phenolic OH excluding ortho intramolecular Hbond substituents is 1. The van der Waals surface area contributed by atoms with E-state index >= 15 is 0 Å². The first-order valence-electron chi connectivity index (χ1n) is 7.62. The van der Waals surface area contributed by atoms with Gasteiger partial charge in [0.1, 0.15) is 11.4 Å². The fraction of sp³-hybridized carbons (Fsp3) is 0.353. The SMILES string of the molecule is CN(C)C(=O)c1cccc(Nc2c(NC(C)(C)CO)c(=O)c2=O)c1O. The number of anilines is 3. The van der Waals surface area contributed by atoms with E-state index in [9.17, 15) is 24.6 Å². The van der Waals surface area contributed by atoms with Crippen LogP contribution in [0, 0.1) is 0 Å². The Morgan fingerprint density at radius 2 is 1.76 bits per heavy atom. The number of aromatic hydroxyl groups is 1. The molecule has 1 amide bonds. The molecule has 2 rings (SSSR count). The largest absolute Gasteiger partial charge is 0.505 e. The zero-order chi connectivity index (χ0) is 18.9. The van der Waals surface area contributed by atoms with Crippen molar-refractivity contribution in [2.45, 2.75) is 19.4 Å². The van der Waals surface area contributed by atoms with E-state index in [2.05, 4.69) is 10.6 Å². The second-order valence-electron chi connectivity index (χ2n) is 6.60. The third-order valence-electron chi connectivity index (χ3n) is 3.70. The highest BCUT2D eigenvalue weighted by atomic mass is 16.3. The highest BCUT2D eigenvalue weighted by Gasteiger charge is 2.27. The van der Waals surface area contributed by atoms with Crippen LogP contribution in [0.5, 0.6) is 5.75 Å². The van der Waals surface area contributed by atoms with Gasteiger partial charge in [-0.2, -0.15) is 0 Å². The zero-order valence-corrected chi connectivity index (χ0v) is 14.5. The van der Waals surface area contributed by atoms with Crippen LogP contribution in [0.15, 0.2) is 27.8 Å². The van der Waals surface area contributed by atoms with Gasteiger partial charge in [0.2, 0.25) is 0 Å². The van der Waals surface area contributed by atoms with Crippen LogP contribution >= 0.6 is 0 Å². The van der Waals surface area contributed by atoms with Crippen molar-refractivity contribution in [1.29, 1.82) is 0 Å². The van der Waals surface area contributed by atoms with Gasteiger partial charge in [0.05, 0.1) is 23.4 Å². The summed E-state index contributed by atoms with van der Waals surface area (Å²) in [5.41, 5.74) is -2.03. The maximum absolute atomic E-state index is 12.1. The van der Waals surface area contributed by atoms with Gasteiger partial charge in [-0.3, -0.25) is 14.4 Å². The van der Waals surface area contributed by atoms with Crippen LogP contribution in [0.3, 0.4) is 0 Å². The Balaban J connectivity index is 2.38. The third-order valence-corrected chi connectivity index (χ3v) is 3.70. The summed E-state index contributed by atoms with van der Waals surface area (Å²) in [6.45, 7) is 3.09. The number of amides is 1. The van der Waals surface area contributed by atoms with Crippen LogP contribution in [0.25, 0.3) is 0 Å². The van der Waals surface area contributed by atoms with Gasteiger partial charge in [0.15, 0.2) is 5.75 Å². The van der Waals surface area contributed by atoms with E-state index in [1.165, 1.54) is 17.0 Å². The van der Waals surface area contributed by atoms with Gasteiger partial charge in [0.25, 0.3) is 16.8 Å². The molecule has 0 heterocycles. The van der Waals surface area contributed by atoms with Crippen molar-refractivity contribution in [2.75, 3.05) is 31.3 Å². The average Bonchev–Trinajstić information content (AvgIpc) is 2.58. The van der Waals surface area contributed by atoms with Crippen molar-refractivity contribution in [3.63, 3.8) is 0 Å². The number of benzene rings is 1. The summed E-state index contributed by atoms with van der Waals surface area (Å²) in [6, 6.07) is 4.49. The number of para-hydroxylation sites is 1. The quantitative estimate of drug-likeness (QED) is 0.447. The van der Waals surface area contributed by atoms with Crippen LogP contribution in [0.4, 0.5) is 17.1 Å². The van der Waals surface area contributed by atoms with E-state index in [4.69, 9.17) is 0 Å². The molecule has 134 valence electrons. The molecule has 0 aliphatic rings. The molecule has 0 atom stereocenters. The van der Waals surface area contributed by atoms with Crippen LogP contribution < -0.4 is 21.5 Å². The number of carbonyl (C=O) groups excluding carboxylic acids is 1. The summed E-state index contributed by atoms with van der Waals surface area (Å²) in [5, 5.41) is 25.1. The highest BCUT2D eigenvalue weighted by molar-refractivity contribution is 5.99. The summed E-state index contributed by atoms with van der Waals surface area (Å²) in [7, 11) is 3.11. The molecular formula is C17H21N3O5. The summed E-state index contributed by atoms with van der Waals surface area (Å²) in [4.78, 5) is 37.0. The van der Waals surface area contributed by atoms with E-state index in [1.807, 2.05) is 0 Å². The minimum Gasteiger partial charge on any atom is -0.505 e. The van der Waals surface area contributed by atoms with Gasteiger partial charge in [0, 0.05) is 14.1 Å². The first kappa shape index (κ1) is 18.5. The molecule has 8 nitrogen and oxygen atoms in total. The van der Waals surface area contributed by atoms with Gasteiger partial charge >= 0.3 is 0 Å². The molecule has 2 aromatic carbocycles. The van der Waals surface area contributed by atoms with Crippen LogP contribution in [-0.4, -0.2) is 47.3 Å². The standard InChI is InChI=1S/C17H21N3O5/c1-17(2,8-21)19-12-11(14(23)15(12)24)18-10-7-5-6-9(13(10)22)16(25)20(3)4/h5-7,18-19,21-22H,8H2,1-4H3. The molecule has 0 bridgehead atoms. The molecular weight excluding hydrogens is 326 g/mol. The van der Waals surface area contributed by atoms with E-state index in [-0.39, 0.29) is 35.0 Å². The number of hydrogen-bond donors (Lipinski definition) is 4. The molecule has 0 aromatic heterocycles. The maximum atomic E-state index is 12.1. The molecule has 0 aliphatic heterocycles. The van der Waals surface area contributed by atoms with Crippen LogP contribution in [0.1, 0.15) is 24.2 Å². The second-order valence-corrected chi connectivity index (χ2v) is 6.60.